The SMILES string of the molecule is CC(C)c1cc2c(-c3ccc(C(C)(C)C)cc3)cccc2[cH-]1.Cc1[cH-]c2cccc(-c3ccc(C(C)(C)C)cc3)c2c1C.Cl.Cl.[CH3-].[CH3-].[Si]=[Zr]. The minimum absolute atomic E-state index is 0. The molecule has 262 valence electrons. The molecule has 0 heterocycles. The summed E-state index contributed by atoms with van der Waals surface area (Å²) >= 11 is 1.36. The van der Waals surface area contributed by atoms with E-state index < -0.39 is 0 Å². The van der Waals surface area contributed by atoms with Crippen molar-refractivity contribution in [2.24, 2.45) is 0 Å². The Balaban J connectivity index is 0.000000831. The summed E-state index contributed by atoms with van der Waals surface area (Å²) in [5.41, 5.74) is 12.7. The van der Waals surface area contributed by atoms with Crippen LogP contribution in [0.25, 0.3) is 43.8 Å². The van der Waals surface area contributed by atoms with Crippen LogP contribution in [0.1, 0.15) is 89.1 Å². The molecule has 0 amide bonds. The molecule has 0 aliphatic rings. The molecule has 6 rings (SSSR count). The van der Waals surface area contributed by atoms with Gasteiger partial charge in [-0.05, 0) is 39.0 Å². The molecule has 6 aromatic carbocycles. The summed E-state index contributed by atoms with van der Waals surface area (Å²) in [5.74, 6) is 0.573. The van der Waals surface area contributed by atoms with Crippen molar-refractivity contribution in [3.05, 3.63) is 146 Å². The summed E-state index contributed by atoms with van der Waals surface area (Å²) in [7, 11) is 0. The van der Waals surface area contributed by atoms with Gasteiger partial charge in [0.15, 0.2) is 0 Å². The van der Waals surface area contributed by atoms with Crippen LogP contribution >= 0.6 is 24.8 Å². The zero-order valence-electron chi connectivity index (χ0n) is 31.7. The van der Waals surface area contributed by atoms with E-state index in [9.17, 15) is 0 Å². The Morgan fingerprint density at radius 2 is 1.02 bits per heavy atom. The molecule has 0 saturated carbocycles. The third-order valence-electron chi connectivity index (χ3n) is 9.00. The van der Waals surface area contributed by atoms with Crippen molar-refractivity contribution in [1.29, 1.82) is 0 Å². The van der Waals surface area contributed by atoms with Crippen molar-refractivity contribution in [2.75, 3.05) is 0 Å². The van der Waals surface area contributed by atoms with Crippen molar-refractivity contribution < 1.29 is 23.3 Å². The molecule has 0 bridgehead atoms. The fourth-order valence-corrected chi connectivity index (χ4v) is 6.03. The van der Waals surface area contributed by atoms with Crippen LogP contribution in [0.15, 0.2) is 103 Å². The number of benzene rings is 4. The average molecular weight is 787 g/mol. The minimum atomic E-state index is 0. The molecule has 0 aromatic heterocycles. The van der Waals surface area contributed by atoms with Crippen LogP contribution in [0.2, 0.25) is 0 Å². The first-order valence-electron chi connectivity index (χ1n) is 16.1. The van der Waals surface area contributed by atoms with Gasteiger partial charge in [-0.2, -0.15) is 11.6 Å². The summed E-state index contributed by atoms with van der Waals surface area (Å²) in [4.78, 5) is 0. The molecular weight excluding hydrogens is 731 g/mol. The normalized spacial score (nSPS) is 10.7. The van der Waals surface area contributed by atoms with Crippen LogP contribution < -0.4 is 0 Å². The van der Waals surface area contributed by atoms with Crippen molar-refractivity contribution >= 4 is 53.2 Å². The predicted molar refractivity (Wildman–Crippen MR) is 224 cm³/mol. The maximum absolute atomic E-state index is 3.06. The molecular formula is C45H56Cl2SiZr-4. The van der Waals surface area contributed by atoms with E-state index in [1.807, 2.05) is 0 Å². The molecule has 0 aliphatic heterocycles. The molecule has 49 heavy (non-hydrogen) atoms. The fourth-order valence-electron chi connectivity index (χ4n) is 6.03. The number of hydrogen-bond donors (Lipinski definition) is 0. The van der Waals surface area contributed by atoms with E-state index in [0.29, 0.717) is 5.92 Å². The standard InChI is InChI=1S/C22H25.C21H23.2CH3.2ClH.Si.Zr/c1-15(2)18-13-17-7-6-8-20(21(17)14-18)16-9-11-19(12-10-16)22(3,4)5;1-14-13-17-7-6-8-19(20(17)15(14)2)16-9-11-18(12-10-16)21(3,4)5;;;;;;/h6-15H,1-5H3;6-13H,1-5H3;2*1H3;2*1H;;/q4*-1;;;;. The Kier molecular flexibility index (Phi) is 18.5. The molecule has 4 heteroatoms. The topological polar surface area (TPSA) is 0 Å². The van der Waals surface area contributed by atoms with Gasteiger partial charge in [0.2, 0.25) is 0 Å². The molecule has 0 aliphatic carbocycles. The summed E-state index contributed by atoms with van der Waals surface area (Å²) < 4.78 is 0. The molecule has 0 unspecified atom stereocenters. The maximum atomic E-state index is 3.06. The van der Waals surface area contributed by atoms with Gasteiger partial charge in [0.05, 0.1) is 0 Å². The predicted octanol–water partition coefficient (Wildman–Crippen LogP) is 14.1. The van der Waals surface area contributed by atoms with Gasteiger partial charge in [0.25, 0.3) is 0 Å². The number of aryl methyl sites for hydroxylation is 2. The fraction of sp³-hybridized carbons (Fsp3) is 0.289. The van der Waals surface area contributed by atoms with Gasteiger partial charge in [-0.15, -0.1) is 93.9 Å². The van der Waals surface area contributed by atoms with Gasteiger partial charge in [0.1, 0.15) is 0 Å². The molecule has 0 nitrogen and oxygen atoms in total. The zero-order valence-corrected chi connectivity index (χ0v) is 36.8. The van der Waals surface area contributed by atoms with E-state index in [0.717, 1.165) is 0 Å². The number of halogens is 2. The Hall–Kier alpha value is -2.22. The van der Waals surface area contributed by atoms with Crippen molar-refractivity contribution in [1.82, 2.24) is 0 Å². The molecule has 0 N–H and O–H groups in total. The monoisotopic (exact) mass is 784 g/mol. The molecule has 0 saturated heterocycles. The van der Waals surface area contributed by atoms with E-state index in [2.05, 4.69) is 179 Å². The summed E-state index contributed by atoms with van der Waals surface area (Å²) in [6.07, 6.45) is 0. The summed E-state index contributed by atoms with van der Waals surface area (Å²) in [5, 5.41) is 5.47. The summed E-state index contributed by atoms with van der Waals surface area (Å²) in [6, 6.07) is 38.3. The molecule has 6 aromatic rings. The number of fused-ring (bicyclic) bond motifs is 2. The van der Waals surface area contributed by atoms with Gasteiger partial charge < -0.3 is 14.9 Å². The first-order valence-corrected chi connectivity index (χ1v) is 20.2. The second-order valence-electron chi connectivity index (χ2n) is 14.6. The second-order valence-corrected chi connectivity index (χ2v) is 14.6. The van der Waals surface area contributed by atoms with E-state index in [1.165, 1.54) is 95.0 Å². The third kappa shape index (κ3) is 10.9. The first-order chi connectivity index (χ1) is 21.2. The van der Waals surface area contributed by atoms with Crippen molar-refractivity contribution in [3.8, 4) is 22.3 Å². The quantitative estimate of drug-likeness (QED) is 0.124. The second kappa shape index (κ2) is 19.4. The van der Waals surface area contributed by atoms with E-state index in [4.69, 9.17) is 0 Å². The van der Waals surface area contributed by atoms with Crippen LogP contribution in [-0.2, 0) is 34.2 Å². The average Bonchev–Trinajstić information content (AvgIpc) is 3.58. The van der Waals surface area contributed by atoms with Crippen LogP contribution in [0.5, 0.6) is 0 Å². The van der Waals surface area contributed by atoms with Gasteiger partial charge >= 0.3 is 30.2 Å². The Morgan fingerprint density at radius 1 is 0.592 bits per heavy atom. The third-order valence-corrected chi connectivity index (χ3v) is 9.00. The van der Waals surface area contributed by atoms with E-state index >= 15 is 0 Å². The summed E-state index contributed by atoms with van der Waals surface area (Å²) in [6.45, 7) is 25.5. The van der Waals surface area contributed by atoms with Crippen LogP contribution in [-0.4, -0.2) is 6.88 Å². The van der Waals surface area contributed by atoms with E-state index in [1.54, 1.807) is 0 Å². The number of rotatable bonds is 3. The van der Waals surface area contributed by atoms with E-state index in [-0.39, 0.29) is 50.5 Å². The zero-order chi connectivity index (χ0) is 33.1. The van der Waals surface area contributed by atoms with Gasteiger partial charge in [0, 0.05) is 0 Å². The van der Waals surface area contributed by atoms with Crippen LogP contribution in [0.4, 0.5) is 0 Å². The van der Waals surface area contributed by atoms with Gasteiger partial charge in [-0.3, -0.25) is 0 Å². The molecule has 2 radical (unpaired) electrons. The Labute approximate surface area is 328 Å². The Bertz CT molecular complexity index is 1880. The van der Waals surface area contributed by atoms with Gasteiger partial charge in [-0.1, -0.05) is 141 Å². The van der Waals surface area contributed by atoms with Crippen molar-refractivity contribution in [2.45, 2.75) is 86.0 Å². The van der Waals surface area contributed by atoms with Crippen LogP contribution in [0.3, 0.4) is 0 Å². The first kappa shape index (κ1) is 46.8. The molecule has 0 atom stereocenters. The molecule has 0 spiro atoms. The van der Waals surface area contributed by atoms with Gasteiger partial charge in [-0.25, -0.2) is 0 Å². The van der Waals surface area contributed by atoms with Crippen LogP contribution in [0, 0.1) is 28.7 Å². The van der Waals surface area contributed by atoms with Crippen molar-refractivity contribution in [3.63, 3.8) is 0 Å². The number of hydrogen-bond acceptors (Lipinski definition) is 0. The Morgan fingerprint density at radius 3 is 1.47 bits per heavy atom. The molecule has 0 fully saturated rings.